The fraction of sp³-hybridized carbons (Fsp3) is 0.388. The number of hydrogen-bond donors (Lipinski definition) is 10. The zero-order valence-corrected chi connectivity index (χ0v) is 80.6. The first kappa shape index (κ1) is 108. The Morgan fingerprint density at radius 2 is 0.910 bits per heavy atom. The molecule has 0 aliphatic heterocycles. The number of hydrogen-bond acceptors (Lipinski definition) is 35. The highest BCUT2D eigenvalue weighted by molar-refractivity contribution is 5.95. The third-order valence-corrected chi connectivity index (χ3v) is 22.0. The molecule has 6 aromatic carbocycles. The number of rotatable bonds is 59. The lowest BCUT2D eigenvalue weighted by Gasteiger charge is -2.15. The van der Waals surface area contributed by atoms with E-state index in [0.29, 0.717) is 179 Å². The third-order valence-electron chi connectivity index (χ3n) is 22.0. The van der Waals surface area contributed by atoms with E-state index >= 15 is 0 Å². The summed E-state index contributed by atoms with van der Waals surface area (Å²) in [5.41, 5.74) is 29.4. The highest BCUT2D eigenvalue weighted by Crippen LogP contribution is 2.38. The standard InChI is InChI=1S/C49H58N12O11.C27H35N9O7.C22H23N3O4/c1-67-19-22-70-40-26-36-38(27-41(40)71-23-20-68-2)51-30-52-45(36)53-34-8-6-7-33(25-34)39-29-60(59-58-39)18-5-4-9-37(47(64)65)54-42(63)17-16-35(62)15-14-31-10-12-32(13-11-31)28-61-46-43(55-49(61)66)44(50)56-48(57-46)72-24-21-69-3;1-42-14-15-43-26-33-23(28)22-24(34-26)36(27(41)32-22)16-18-7-5-17(6-8-18)9-10-19(37)11-12-21(38)31-20(25(39)40)4-2-3-13-30-35-29;1-4-16-6-5-7-17(12-16)25-22-18-13-20(28-10-8-26-2)21(29-11-9-27-3)14-19(18)23-15-24-22/h6-8,10-13,25-27,29-30,37H,4-5,9,14-24,28H2,1-3H3,(H,54,63)(H,55,66)(H,64,65)(H2,50,56,57)(H,51,52,53);5-8,20H,2-4,9-16H2,1H3,(H,31,38)(H,32,41)(H,39,40)(H2,28,33,34);1,5-7,12-15H,8-11H2,2-3H3,(H,23,24,25). The normalized spacial score (nSPS) is 11.4. The number of benzene rings is 6. The molecular formula is C98H116N24O22. The summed E-state index contributed by atoms with van der Waals surface area (Å²) >= 11 is 0. The van der Waals surface area contributed by atoms with Gasteiger partial charge in [0.15, 0.2) is 45.9 Å². The van der Waals surface area contributed by atoms with Crippen LogP contribution in [0.4, 0.5) is 34.6 Å². The summed E-state index contributed by atoms with van der Waals surface area (Å²) in [5, 5.41) is 44.4. The number of amides is 2. The number of nitrogen functional groups attached to an aromatic ring is 2. The highest BCUT2D eigenvalue weighted by atomic mass is 16.6. The molecule has 0 aliphatic rings. The average molecular weight is 1980 g/mol. The maximum Gasteiger partial charge on any atom is 0.328 e. The van der Waals surface area contributed by atoms with Gasteiger partial charge in [-0.1, -0.05) is 89.4 Å². The van der Waals surface area contributed by atoms with E-state index in [-0.39, 0.29) is 119 Å². The first-order valence-corrected chi connectivity index (χ1v) is 46.1. The SMILES string of the molecule is C#Cc1cccc(Nc2ncnc3cc(OCCOC)c(OCCOC)cc23)c1.COCCOc1nc(N)c2[nH]c(=O)n(Cc3ccc(CCC(=O)CCC(=O)NC(CCCCN=[N+]=[N-])C(=O)O)cc3)c2n1.COCCOc1nc(N)c2[nH]c(=O)n(Cc3ccc(CCC(=O)CCC(=O)NC(CCCCn4cc(-c5cccc(Nc6ncnc7cc(OCCOC)c(OCCOC)cc67)c5)nn4)C(=O)O)cc3)c2n1. The molecule has 46 nitrogen and oxygen atoms in total. The van der Waals surface area contributed by atoms with Gasteiger partial charge < -0.3 is 110 Å². The number of nitrogens with zero attached hydrogens (tertiary/aromatic N) is 16. The molecule has 46 heteroatoms. The topological polar surface area (TPSA) is 612 Å². The maximum absolute atomic E-state index is 12.8. The van der Waals surface area contributed by atoms with Gasteiger partial charge in [-0.25, -0.2) is 39.1 Å². The number of aromatic amines is 2. The van der Waals surface area contributed by atoms with Crippen molar-refractivity contribution < 1.29 is 95.8 Å². The number of Topliss-reactive ketones (excluding diaryl/α,β-unsaturated/α-hetero) is 2. The fourth-order valence-corrected chi connectivity index (χ4v) is 14.4. The van der Waals surface area contributed by atoms with Crippen molar-refractivity contribution in [2.75, 3.05) is 151 Å². The summed E-state index contributed by atoms with van der Waals surface area (Å²) < 4.78 is 69.4. The van der Waals surface area contributed by atoms with Crippen molar-refractivity contribution in [3.05, 3.63) is 199 Å². The number of carbonyl (C=O) groups is 6. The van der Waals surface area contributed by atoms with Crippen molar-refractivity contribution >= 4 is 114 Å². The molecule has 7 aromatic heterocycles. The lowest BCUT2D eigenvalue weighted by molar-refractivity contribution is -0.142. The second-order valence-electron chi connectivity index (χ2n) is 32.3. The zero-order valence-electron chi connectivity index (χ0n) is 80.6. The smallest absolute Gasteiger partial charge is 0.328 e. The van der Waals surface area contributed by atoms with Crippen LogP contribution in [-0.4, -0.2) is 260 Å². The summed E-state index contributed by atoms with van der Waals surface area (Å²) in [6, 6.07) is 35.3. The van der Waals surface area contributed by atoms with Gasteiger partial charge in [-0.2, -0.15) is 19.9 Å². The van der Waals surface area contributed by atoms with Crippen molar-refractivity contribution in [3.63, 3.8) is 0 Å². The number of fused-ring (bicyclic) bond motifs is 4. The monoisotopic (exact) mass is 1980 g/mol. The molecule has 0 saturated heterocycles. The van der Waals surface area contributed by atoms with Crippen molar-refractivity contribution in [1.82, 2.24) is 84.6 Å². The van der Waals surface area contributed by atoms with Gasteiger partial charge in [0.05, 0.1) is 70.0 Å². The Bertz CT molecular complexity index is 6680. The summed E-state index contributed by atoms with van der Waals surface area (Å²) in [6.07, 6.45) is 13.8. The molecular weight excluding hydrogens is 1870 g/mol. The molecule has 0 aliphatic carbocycles. The van der Waals surface area contributed by atoms with Gasteiger partial charge in [-0.3, -0.25) is 33.0 Å². The van der Waals surface area contributed by atoms with E-state index in [9.17, 15) is 48.6 Å². The van der Waals surface area contributed by atoms with E-state index in [1.165, 1.54) is 21.8 Å². The Morgan fingerprint density at radius 1 is 0.493 bits per heavy atom. The Balaban J connectivity index is 0.000000231. The van der Waals surface area contributed by atoms with Crippen LogP contribution in [-0.2, 0) is 89.7 Å². The molecule has 2 unspecified atom stereocenters. The quantitative estimate of drug-likeness (QED) is 0.00557. The number of aliphatic carboxylic acids is 2. The first-order valence-electron chi connectivity index (χ1n) is 46.1. The summed E-state index contributed by atoms with van der Waals surface area (Å²) in [7, 11) is 9.54. The number of H-pyrrole nitrogens is 2. The summed E-state index contributed by atoms with van der Waals surface area (Å²) in [5.74, 6) is 2.66. The molecule has 7 heterocycles. The Labute approximate surface area is 825 Å². The van der Waals surface area contributed by atoms with Crippen LogP contribution in [0.1, 0.15) is 105 Å². The van der Waals surface area contributed by atoms with Crippen LogP contribution in [0.5, 0.6) is 35.0 Å². The van der Waals surface area contributed by atoms with E-state index in [2.05, 4.69) is 97.4 Å². The van der Waals surface area contributed by atoms with Crippen LogP contribution < -0.4 is 72.5 Å². The van der Waals surface area contributed by atoms with Crippen LogP contribution in [0, 0.1) is 12.3 Å². The molecule has 760 valence electrons. The van der Waals surface area contributed by atoms with E-state index < -0.39 is 47.2 Å². The first-order chi connectivity index (χ1) is 70.0. The second-order valence-corrected chi connectivity index (χ2v) is 32.3. The van der Waals surface area contributed by atoms with Crippen LogP contribution in [0.25, 0.3) is 65.8 Å². The molecule has 0 radical (unpaired) electrons. The number of ketones is 2. The van der Waals surface area contributed by atoms with Crippen LogP contribution in [0.3, 0.4) is 0 Å². The number of ether oxygens (including phenoxy) is 12. The van der Waals surface area contributed by atoms with Crippen molar-refractivity contribution in [1.29, 1.82) is 0 Å². The molecule has 0 bridgehead atoms. The number of carboxylic acids is 2. The number of anilines is 6. The number of nitrogens with two attached hydrogens (primary N) is 2. The Morgan fingerprint density at radius 3 is 1.34 bits per heavy atom. The predicted octanol–water partition coefficient (Wildman–Crippen LogP) is 10.0. The Kier molecular flexibility index (Phi) is 42.7. The lowest BCUT2D eigenvalue weighted by Crippen LogP contribution is -2.40. The van der Waals surface area contributed by atoms with Gasteiger partial charge in [-0.15, -0.1) is 11.5 Å². The van der Waals surface area contributed by atoms with E-state index in [0.717, 1.165) is 61.0 Å². The number of terminal acetylenes is 1. The van der Waals surface area contributed by atoms with E-state index in [1.54, 1.807) is 53.4 Å². The molecule has 0 spiro atoms. The predicted molar refractivity (Wildman–Crippen MR) is 532 cm³/mol. The number of methoxy groups -OCH3 is 6. The molecule has 144 heavy (non-hydrogen) atoms. The molecule has 13 rings (SSSR count). The summed E-state index contributed by atoms with van der Waals surface area (Å²) in [4.78, 5) is 142. The number of aromatic nitrogens is 15. The molecule has 13 aromatic rings. The minimum Gasteiger partial charge on any atom is -0.487 e. The van der Waals surface area contributed by atoms with Crippen molar-refractivity contribution in [3.8, 4) is 58.6 Å². The Hall–Kier alpha value is -16.3. The maximum atomic E-state index is 12.8. The van der Waals surface area contributed by atoms with Crippen LogP contribution in [0.15, 0.2) is 155 Å². The van der Waals surface area contributed by atoms with Gasteiger partial charge in [0.2, 0.25) is 11.8 Å². The van der Waals surface area contributed by atoms with Crippen molar-refractivity contribution in [2.45, 2.75) is 122 Å². The zero-order chi connectivity index (χ0) is 102. The number of carbonyl (C=O) groups excluding carboxylic acids is 4. The third kappa shape index (κ3) is 33.2. The molecule has 0 saturated carbocycles. The highest BCUT2D eigenvalue weighted by Gasteiger charge is 2.25. The van der Waals surface area contributed by atoms with Crippen LogP contribution in [0.2, 0.25) is 0 Å². The van der Waals surface area contributed by atoms with Gasteiger partial charge >= 0.3 is 35.3 Å². The second kappa shape index (κ2) is 56.8. The average Bonchev–Trinajstić information content (AvgIpc) is 1.28. The molecule has 2 amide bonds. The fourth-order valence-electron chi connectivity index (χ4n) is 14.4. The number of unbranched alkanes of at least 4 members (excludes halogenated alkanes) is 2. The van der Waals surface area contributed by atoms with Gasteiger partial charge in [0.25, 0.3) is 0 Å². The molecule has 2 atom stereocenters. The number of nitrogens with one attached hydrogen (secondary N) is 6. The summed E-state index contributed by atoms with van der Waals surface area (Å²) in [6.45, 7) is 5.44. The van der Waals surface area contributed by atoms with E-state index in [1.807, 2.05) is 121 Å². The number of carboxylic acid groups (broad SMARTS) is 2. The lowest BCUT2D eigenvalue weighted by atomic mass is 10.0. The van der Waals surface area contributed by atoms with Gasteiger partial charge in [0, 0.05) is 145 Å². The number of aryl methyl sites for hydroxylation is 3. The minimum atomic E-state index is -1.16. The largest absolute Gasteiger partial charge is 0.487 e. The van der Waals surface area contributed by atoms with E-state index in [4.69, 9.17) is 80.3 Å². The minimum absolute atomic E-state index is 0.00121. The number of azide groups is 1. The molecule has 12 N–H and O–H groups in total. The molecule has 0 fully saturated rings. The number of imidazole rings is 2. The van der Waals surface area contributed by atoms with Crippen molar-refractivity contribution in [2.24, 2.45) is 5.11 Å². The van der Waals surface area contributed by atoms with Gasteiger partial charge in [-0.05, 0) is 115 Å². The van der Waals surface area contributed by atoms with Gasteiger partial charge in [0.1, 0.15) is 104 Å². The van der Waals surface area contributed by atoms with Crippen LogP contribution >= 0.6 is 0 Å².